The molecule has 100 valence electrons. The first-order valence-corrected chi connectivity index (χ1v) is 6.88. The number of amides is 1. The molecule has 0 aliphatic carbocycles. The lowest BCUT2D eigenvalue weighted by atomic mass is 10.2. The van der Waals surface area contributed by atoms with Crippen LogP contribution in [-0.2, 0) is 4.79 Å². The van der Waals surface area contributed by atoms with Gasteiger partial charge in [0.1, 0.15) is 5.75 Å². The lowest BCUT2D eigenvalue weighted by Crippen LogP contribution is -2.32. The van der Waals surface area contributed by atoms with Crippen molar-refractivity contribution < 1.29 is 9.53 Å². The molecule has 0 spiro atoms. The highest BCUT2D eigenvalue weighted by molar-refractivity contribution is 8.15. The Bertz CT molecular complexity index is 511. The van der Waals surface area contributed by atoms with Crippen LogP contribution in [0, 0.1) is 0 Å². The lowest BCUT2D eigenvalue weighted by molar-refractivity contribution is -0.120. The quantitative estimate of drug-likeness (QED) is 0.860. The van der Waals surface area contributed by atoms with Gasteiger partial charge < -0.3 is 4.74 Å². The van der Waals surface area contributed by atoms with Gasteiger partial charge >= 0.3 is 0 Å². The molecule has 0 aromatic heterocycles. The Hall–Kier alpha value is -1.82. The second-order valence-electron chi connectivity index (χ2n) is 3.89. The van der Waals surface area contributed by atoms with E-state index in [4.69, 9.17) is 4.74 Å². The number of amidine groups is 1. The molecule has 0 saturated carbocycles. The largest absolute Gasteiger partial charge is 0.494 e. The number of carbonyl (C=O) groups excluding carboxylic acids is 1. The van der Waals surface area contributed by atoms with Crippen LogP contribution >= 0.6 is 11.8 Å². The third-order valence-corrected chi connectivity index (χ3v) is 3.40. The minimum Gasteiger partial charge on any atom is -0.494 e. The first-order chi connectivity index (χ1) is 9.19. The van der Waals surface area contributed by atoms with Crippen molar-refractivity contribution in [2.45, 2.75) is 19.1 Å². The van der Waals surface area contributed by atoms with Gasteiger partial charge in [0.15, 0.2) is 0 Å². The Morgan fingerprint density at radius 1 is 1.47 bits per heavy atom. The second-order valence-corrected chi connectivity index (χ2v) is 5.20. The Labute approximate surface area is 116 Å². The number of carbonyl (C=O) groups is 1. The van der Waals surface area contributed by atoms with E-state index < -0.39 is 0 Å². The predicted octanol–water partition coefficient (Wildman–Crippen LogP) is 2.03. The summed E-state index contributed by atoms with van der Waals surface area (Å²) in [5, 5.41) is 4.27. The molecule has 1 amide bonds. The molecule has 5 nitrogen and oxygen atoms in total. The van der Waals surface area contributed by atoms with Gasteiger partial charge in [0, 0.05) is 6.21 Å². The smallest absolute Gasteiger partial charge is 0.253 e. The van der Waals surface area contributed by atoms with Gasteiger partial charge in [-0.2, -0.15) is 0 Å². The van der Waals surface area contributed by atoms with Gasteiger partial charge in [-0.25, -0.2) is 10.4 Å². The monoisotopic (exact) mass is 277 g/mol. The van der Waals surface area contributed by atoms with Crippen molar-refractivity contribution >= 4 is 29.1 Å². The van der Waals surface area contributed by atoms with E-state index in [1.165, 1.54) is 11.8 Å². The normalized spacial score (nSPS) is 19.2. The average molecular weight is 277 g/mol. The third-order valence-electron chi connectivity index (χ3n) is 2.43. The predicted molar refractivity (Wildman–Crippen MR) is 77.8 cm³/mol. The van der Waals surface area contributed by atoms with Crippen LogP contribution in [0.25, 0.3) is 0 Å². The van der Waals surface area contributed by atoms with Crippen LogP contribution < -0.4 is 10.2 Å². The first-order valence-electron chi connectivity index (χ1n) is 6.00. The molecule has 1 atom stereocenters. The molecular formula is C13H15N3O2S. The number of rotatable bonds is 3. The van der Waals surface area contributed by atoms with Gasteiger partial charge in [0.25, 0.3) is 5.91 Å². The van der Waals surface area contributed by atoms with E-state index in [1.807, 2.05) is 38.1 Å². The number of hydrogen-bond donors (Lipinski definition) is 1. The number of nitrogens with one attached hydrogen (secondary N) is 1. The van der Waals surface area contributed by atoms with Gasteiger partial charge in [-0.3, -0.25) is 4.79 Å². The van der Waals surface area contributed by atoms with Crippen molar-refractivity contribution in [3.05, 3.63) is 29.8 Å². The number of aliphatic imine (C=N–C) groups is 1. The average Bonchev–Trinajstić information content (AvgIpc) is 2.42. The van der Waals surface area contributed by atoms with Gasteiger partial charge in [0.05, 0.1) is 11.9 Å². The number of hydrazone groups is 1. The molecule has 2 rings (SSSR count). The van der Waals surface area contributed by atoms with E-state index in [2.05, 4.69) is 15.5 Å². The molecule has 1 heterocycles. The number of hydrogen-bond acceptors (Lipinski definition) is 5. The molecule has 1 aliphatic rings. The van der Waals surface area contributed by atoms with Crippen LogP contribution in [0.3, 0.4) is 0 Å². The number of nitrogens with zero attached hydrogens (tertiary/aromatic N) is 2. The molecule has 0 fully saturated rings. The summed E-state index contributed by atoms with van der Waals surface area (Å²) in [6.07, 6.45) is 1.71. The zero-order valence-electron chi connectivity index (χ0n) is 10.8. The zero-order valence-corrected chi connectivity index (χ0v) is 11.6. The summed E-state index contributed by atoms with van der Waals surface area (Å²) in [5.41, 5.74) is 3.39. The molecule has 19 heavy (non-hydrogen) atoms. The molecule has 1 N–H and O–H groups in total. The fraction of sp³-hybridized carbons (Fsp3) is 0.308. The molecular weight excluding hydrogens is 262 g/mol. The molecule has 0 radical (unpaired) electrons. The number of thioether (sulfide) groups is 1. The van der Waals surface area contributed by atoms with Crippen molar-refractivity contribution in [1.82, 2.24) is 5.43 Å². The van der Waals surface area contributed by atoms with Crippen LogP contribution in [0.2, 0.25) is 0 Å². The minimum absolute atomic E-state index is 0.0926. The van der Waals surface area contributed by atoms with Gasteiger partial charge in [-0.15, -0.1) is 5.10 Å². The summed E-state index contributed by atoms with van der Waals surface area (Å²) in [6, 6.07) is 7.63. The fourth-order valence-electron chi connectivity index (χ4n) is 1.44. The van der Waals surface area contributed by atoms with Crippen molar-refractivity contribution in [3.8, 4) is 5.75 Å². The van der Waals surface area contributed by atoms with Crippen LogP contribution in [-0.4, -0.2) is 29.1 Å². The fourth-order valence-corrected chi connectivity index (χ4v) is 2.13. The van der Waals surface area contributed by atoms with Gasteiger partial charge in [-0.1, -0.05) is 11.8 Å². The minimum atomic E-state index is -0.162. The second kappa shape index (κ2) is 6.38. The van der Waals surface area contributed by atoms with E-state index in [0.717, 1.165) is 11.3 Å². The van der Waals surface area contributed by atoms with Crippen molar-refractivity contribution in [3.63, 3.8) is 0 Å². The molecule has 0 saturated heterocycles. The van der Waals surface area contributed by atoms with E-state index in [-0.39, 0.29) is 11.2 Å². The standard InChI is InChI=1S/C13H15N3O2S/c1-3-18-11-6-4-10(5-7-11)8-14-13-16-15-12(17)9(2)19-13/h4-9H,3H2,1-2H3,(H,15,17)/t9-/m0/s1. The summed E-state index contributed by atoms with van der Waals surface area (Å²) in [6.45, 7) is 4.42. The summed E-state index contributed by atoms with van der Waals surface area (Å²) in [7, 11) is 0. The molecule has 1 aromatic carbocycles. The lowest BCUT2D eigenvalue weighted by Gasteiger charge is -2.13. The van der Waals surface area contributed by atoms with E-state index in [9.17, 15) is 4.79 Å². The molecule has 6 heteroatoms. The zero-order chi connectivity index (χ0) is 13.7. The SMILES string of the molecule is CCOc1ccc(C=NC2=NNC(=O)[C@H](C)S2)cc1. The maximum Gasteiger partial charge on any atom is 0.253 e. The van der Waals surface area contributed by atoms with Gasteiger partial charge in [-0.05, 0) is 43.7 Å². The summed E-state index contributed by atoms with van der Waals surface area (Å²) in [5.74, 6) is 0.745. The third kappa shape index (κ3) is 3.82. The van der Waals surface area contributed by atoms with Crippen molar-refractivity contribution in [2.75, 3.05) is 6.61 Å². The van der Waals surface area contributed by atoms with Crippen molar-refractivity contribution in [1.29, 1.82) is 0 Å². The highest BCUT2D eigenvalue weighted by Crippen LogP contribution is 2.17. The molecule has 1 aliphatic heterocycles. The van der Waals surface area contributed by atoms with Crippen molar-refractivity contribution in [2.24, 2.45) is 10.1 Å². The molecule has 0 unspecified atom stereocenters. The Balaban J connectivity index is 2.00. The summed E-state index contributed by atoms with van der Waals surface area (Å²) in [4.78, 5) is 15.5. The van der Waals surface area contributed by atoms with Crippen LogP contribution in [0.5, 0.6) is 5.75 Å². The topological polar surface area (TPSA) is 63.1 Å². The molecule has 1 aromatic rings. The van der Waals surface area contributed by atoms with Crippen LogP contribution in [0.15, 0.2) is 34.4 Å². The molecule has 0 bridgehead atoms. The maximum atomic E-state index is 11.2. The Morgan fingerprint density at radius 2 is 2.21 bits per heavy atom. The first kappa shape index (κ1) is 13.6. The summed E-state index contributed by atoms with van der Waals surface area (Å²) < 4.78 is 5.36. The number of ether oxygens (including phenoxy) is 1. The maximum absolute atomic E-state index is 11.2. The van der Waals surface area contributed by atoms with Gasteiger partial charge in [0.2, 0.25) is 5.17 Å². The Morgan fingerprint density at radius 3 is 2.84 bits per heavy atom. The number of benzene rings is 1. The summed E-state index contributed by atoms with van der Waals surface area (Å²) >= 11 is 1.34. The van der Waals surface area contributed by atoms with E-state index in [0.29, 0.717) is 11.8 Å². The highest BCUT2D eigenvalue weighted by Gasteiger charge is 2.20. The van der Waals surface area contributed by atoms with E-state index >= 15 is 0 Å². The van der Waals surface area contributed by atoms with E-state index in [1.54, 1.807) is 6.21 Å². The highest BCUT2D eigenvalue weighted by atomic mass is 32.2. The van der Waals surface area contributed by atoms with Crippen LogP contribution in [0.4, 0.5) is 0 Å². The van der Waals surface area contributed by atoms with Crippen LogP contribution in [0.1, 0.15) is 19.4 Å². The Kier molecular flexibility index (Phi) is 4.57.